The first-order valence-corrected chi connectivity index (χ1v) is 8.30. The summed E-state index contributed by atoms with van der Waals surface area (Å²) in [4.78, 5) is 14.0. The molecule has 1 heterocycles. The third-order valence-corrected chi connectivity index (χ3v) is 4.71. The molecule has 0 atom stereocenters. The fourth-order valence-electron chi connectivity index (χ4n) is 2.24. The van der Waals surface area contributed by atoms with Crippen molar-refractivity contribution in [2.45, 2.75) is 6.54 Å². The third-order valence-electron chi connectivity index (χ3n) is 3.40. The number of carbonyl (C=O) groups excluding carboxylic acids is 1. The summed E-state index contributed by atoms with van der Waals surface area (Å²) in [6, 6.07) is 7.22. The molecule has 1 aliphatic heterocycles. The SMILES string of the molecule is CS(=O)(=O)N1CCN(C(=O)c2cccc(CN)c2)CC1. The van der Waals surface area contributed by atoms with Crippen LogP contribution in [0.1, 0.15) is 15.9 Å². The summed E-state index contributed by atoms with van der Waals surface area (Å²) < 4.78 is 24.2. The predicted molar refractivity (Wildman–Crippen MR) is 76.7 cm³/mol. The van der Waals surface area contributed by atoms with Crippen LogP contribution >= 0.6 is 0 Å². The predicted octanol–water partition coefficient (Wildman–Crippen LogP) is -0.137. The molecule has 6 nitrogen and oxygen atoms in total. The van der Waals surface area contributed by atoms with Gasteiger partial charge in [-0.2, -0.15) is 4.31 Å². The van der Waals surface area contributed by atoms with Gasteiger partial charge in [-0.15, -0.1) is 0 Å². The summed E-state index contributed by atoms with van der Waals surface area (Å²) in [5, 5.41) is 0. The minimum Gasteiger partial charge on any atom is -0.336 e. The van der Waals surface area contributed by atoms with Gasteiger partial charge < -0.3 is 10.6 Å². The van der Waals surface area contributed by atoms with E-state index in [2.05, 4.69) is 0 Å². The van der Waals surface area contributed by atoms with Crippen molar-refractivity contribution in [1.29, 1.82) is 0 Å². The molecule has 2 rings (SSSR count). The van der Waals surface area contributed by atoms with Crippen molar-refractivity contribution in [3.63, 3.8) is 0 Å². The lowest BCUT2D eigenvalue weighted by Crippen LogP contribution is -2.50. The van der Waals surface area contributed by atoms with Gasteiger partial charge in [0.05, 0.1) is 6.26 Å². The van der Waals surface area contributed by atoms with E-state index in [0.29, 0.717) is 38.3 Å². The zero-order valence-corrected chi connectivity index (χ0v) is 12.3. The van der Waals surface area contributed by atoms with E-state index in [9.17, 15) is 13.2 Å². The third kappa shape index (κ3) is 3.36. The van der Waals surface area contributed by atoms with Crippen molar-refractivity contribution < 1.29 is 13.2 Å². The van der Waals surface area contributed by atoms with Crippen LogP contribution in [0.5, 0.6) is 0 Å². The number of carbonyl (C=O) groups is 1. The van der Waals surface area contributed by atoms with Crippen LogP contribution in [0.3, 0.4) is 0 Å². The molecule has 110 valence electrons. The highest BCUT2D eigenvalue weighted by Gasteiger charge is 2.26. The Balaban J connectivity index is 2.05. The topological polar surface area (TPSA) is 83.7 Å². The molecule has 1 aromatic carbocycles. The molecule has 1 fully saturated rings. The largest absolute Gasteiger partial charge is 0.336 e. The number of sulfonamides is 1. The maximum atomic E-state index is 12.3. The molecule has 0 bridgehead atoms. The quantitative estimate of drug-likeness (QED) is 0.842. The second-order valence-corrected chi connectivity index (χ2v) is 6.84. The van der Waals surface area contributed by atoms with Crippen molar-refractivity contribution in [3.8, 4) is 0 Å². The Labute approximate surface area is 119 Å². The second-order valence-electron chi connectivity index (χ2n) is 4.86. The fraction of sp³-hybridized carbons (Fsp3) is 0.462. The van der Waals surface area contributed by atoms with Crippen LogP contribution in [0.15, 0.2) is 24.3 Å². The molecule has 20 heavy (non-hydrogen) atoms. The van der Waals surface area contributed by atoms with Crippen molar-refractivity contribution in [3.05, 3.63) is 35.4 Å². The van der Waals surface area contributed by atoms with Crippen molar-refractivity contribution in [1.82, 2.24) is 9.21 Å². The Morgan fingerprint density at radius 1 is 1.25 bits per heavy atom. The molecule has 7 heteroatoms. The average molecular weight is 297 g/mol. The molecule has 1 aromatic rings. The summed E-state index contributed by atoms with van der Waals surface area (Å²) in [5.74, 6) is -0.0755. The number of benzene rings is 1. The molecule has 0 aliphatic carbocycles. The number of rotatable bonds is 3. The highest BCUT2D eigenvalue weighted by atomic mass is 32.2. The van der Waals surface area contributed by atoms with Crippen molar-refractivity contribution in [2.24, 2.45) is 5.73 Å². The first-order valence-electron chi connectivity index (χ1n) is 6.45. The summed E-state index contributed by atoms with van der Waals surface area (Å²) in [6.07, 6.45) is 1.19. The van der Waals surface area contributed by atoms with Gasteiger partial charge >= 0.3 is 0 Å². The zero-order valence-electron chi connectivity index (χ0n) is 11.4. The second kappa shape index (κ2) is 5.90. The van der Waals surface area contributed by atoms with Gasteiger partial charge in [-0.1, -0.05) is 12.1 Å². The van der Waals surface area contributed by atoms with Gasteiger partial charge in [0, 0.05) is 38.3 Å². The number of piperazine rings is 1. The van der Waals surface area contributed by atoms with E-state index in [0.717, 1.165) is 5.56 Å². The van der Waals surface area contributed by atoms with Gasteiger partial charge in [0.15, 0.2) is 0 Å². The van der Waals surface area contributed by atoms with Gasteiger partial charge in [0.2, 0.25) is 10.0 Å². The van der Waals surface area contributed by atoms with Crippen LogP contribution in [0, 0.1) is 0 Å². The lowest BCUT2D eigenvalue weighted by Gasteiger charge is -2.33. The number of amides is 1. The number of hydrogen-bond donors (Lipinski definition) is 1. The zero-order chi connectivity index (χ0) is 14.8. The molecular formula is C13H19N3O3S. The van der Waals surface area contributed by atoms with Gasteiger partial charge in [-0.3, -0.25) is 4.79 Å². The van der Waals surface area contributed by atoms with E-state index in [-0.39, 0.29) is 5.91 Å². The van der Waals surface area contributed by atoms with E-state index in [1.807, 2.05) is 12.1 Å². The molecular weight excluding hydrogens is 278 g/mol. The van der Waals surface area contributed by atoms with Crippen LogP contribution < -0.4 is 5.73 Å². The molecule has 0 saturated carbocycles. The molecule has 1 aliphatic rings. The van der Waals surface area contributed by atoms with E-state index < -0.39 is 10.0 Å². The summed E-state index contributed by atoms with van der Waals surface area (Å²) in [7, 11) is -3.17. The summed E-state index contributed by atoms with van der Waals surface area (Å²) >= 11 is 0. The van der Waals surface area contributed by atoms with Crippen molar-refractivity contribution >= 4 is 15.9 Å². The van der Waals surface area contributed by atoms with Gasteiger partial charge in [0.1, 0.15) is 0 Å². The van der Waals surface area contributed by atoms with E-state index in [1.165, 1.54) is 10.6 Å². The first kappa shape index (κ1) is 15.0. The highest BCUT2D eigenvalue weighted by molar-refractivity contribution is 7.88. The summed E-state index contributed by atoms with van der Waals surface area (Å²) in [5.41, 5.74) is 7.07. The van der Waals surface area contributed by atoms with Gasteiger partial charge in [-0.25, -0.2) is 8.42 Å². The van der Waals surface area contributed by atoms with E-state index in [1.54, 1.807) is 17.0 Å². The maximum absolute atomic E-state index is 12.3. The monoisotopic (exact) mass is 297 g/mol. The first-order chi connectivity index (χ1) is 9.41. The Morgan fingerprint density at radius 3 is 2.45 bits per heavy atom. The number of nitrogens with two attached hydrogens (primary N) is 1. The molecule has 0 aromatic heterocycles. The lowest BCUT2D eigenvalue weighted by molar-refractivity contribution is 0.0698. The highest BCUT2D eigenvalue weighted by Crippen LogP contribution is 2.12. The molecule has 1 amide bonds. The van der Waals surface area contributed by atoms with Crippen LogP contribution in [0.4, 0.5) is 0 Å². The molecule has 0 spiro atoms. The Bertz CT molecular complexity index is 593. The van der Waals surface area contributed by atoms with Crippen LogP contribution in [0.2, 0.25) is 0 Å². The van der Waals surface area contributed by atoms with E-state index >= 15 is 0 Å². The Hall–Kier alpha value is -1.44. The van der Waals surface area contributed by atoms with E-state index in [4.69, 9.17) is 5.73 Å². The molecule has 1 saturated heterocycles. The molecule has 2 N–H and O–H groups in total. The minimum atomic E-state index is -3.17. The van der Waals surface area contributed by atoms with Crippen LogP contribution in [0.25, 0.3) is 0 Å². The normalized spacial score (nSPS) is 17.2. The maximum Gasteiger partial charge on any atom is 0.253 e. The van der Waals surface area contributed by atoms with Crippen molar-refractivity contribution in [2.75, 3.05) is 32.4 Å². The van der Waals surface area contributed by atoms with Gasteiger partial charge in [0.25, 0.3) is 5.91 Å². The molecule has 0 radical (unpaired) electrons. The fourth-order valence-corrected chi connectivity index (χ4v) is 3.06. The van der Waals surface area contributed by atoms with Crippen LogP contribution in [-0.4, -0.2) is 56.0 Å². The standard InChI is InChI=1S/C13H19N3O3S/c1-20(18,19)16-7-5-15(6-8-16)13(17)12-4-2-3-11(9-12)10-14/h2-4,9H,5-8,10,14H2,1H3. The van der Waals surface area contributed by atoms with Crippen LogP contribution in [-0.2, 0) is 16.6 Å². The van der Waals surface area contributed by atoms with Gasteiger partial charge in [-0.05, 0) is 17.7 Å². The number of hydrogen-bond acceptors (Lipinski definition) is 4. The summed E-state index contributed by atoms with van der Waals surface area (Å²) in [6.45, 7) is 1.92. The average Bonchev–Trinajstić information content (AvgIpc) is 2.46. The number of nitrogens with zero attached hydrogens (tertiary/aromatic N) is 2. The Kier molecular flexibility index (Phi) is 4.42. The minimum absolute atomic E-state index is 0.0755. The Morgan fingerprint density at radius 2 is 1.90 bits per heavy atom. The lowest BCUT2D eigenvalue weighted by atomic mass is 10.1. The molecule has 0 unspecified atom stereocenters. The smallest absolute Gasteiger partial charge is 0.253 e.